The first-order valence-corrected chi connectivity index (χ1v) is 9.53. The average molecular weight is 372 g/mol. The Bertz CT molecular complexity index is 837. The SMILES string of the molecule is COC(=O)c1cccc(NC(=O)CSC2=Nc3ccccc3CS2)c1. The third-order valence-corrected chi connectivity index (χ3v) is 5.69. The van der Waals surface area contributed by atoms with Crippen molar-refractivity contribution in [2.24, 2.45) is 4.99 Å². The van der Waals surface area contributed by atoms with Gasteiger partial charge in [0.25, 0.3) is 0 Å². The average Bonchev–Trinajstić information content (AvgIpc) is 2.65. The predicted molar refractivity (Wildman–Crippen MR) is 104 cm³/mol. The number of fused-ring (bicyclic) bond motifs is 1. The molecular formula is C18H16N2O3S2. The standard InChI is InChI=1S/C18H16N2O3S2/c1-23-17(22)12-6-4-7-14(9-12)19-16(21)11-25-18-20-15-8-3-2-5-13(15)10-24-18/h2-9H,10-11H2,1H3,(H,19,21). The van der Waals surface area contributed by atoms with Gasteiger partial charge in [0.1, 0.15) is 4.38 Å². The molecule has 7 heteroatoms. The summed E-state index contributed by atoms with van der Waals surface area (Å²) in [6.45, 7) is 0. The van der Waals surface area contributed by atoms with Gasteiger partial charge >= 0.3 is 5.97 Å². The Balaban J connectivity index is 1.57. The molecule has 2 aromatic carbocycles. The number of rotatable bonds is 4. The normalized spacial score (nSPS) is 12.8. The molecule has 5 nitrogen and oxygen atoms in total. The van der Waals surface area contributed by atoms with Gasteiger partial charge in [-0.2, -0.15) is 0 Å². The van der Waals surface area contributed by atoms with Crippen LogP contribution in [0, 0.1) is 0 Å². The van der Waals surface area contributed by atoms with E-state index in [1.54, 1.807) is 36.0 Å². The Morgan fingerprint density at radius 1 is 1.24 bits per heavy atom. The Hall–Kier alpha value is -2.25. The maximum atomic E-state index is 12.1. The number of hydrogen-bond acceptors (Lipinski definition) is 6. The fourth-order valence-electron chi connectivity index (χ4n) is 2.25. The second kappa shape index (κ2) is 8.22. The molecule has 0 saturated heterocycles. The predicted octanol–water partition coefficient (Wildman–Crippen LogP) is 4.08. The number of hydrogen-bond donors (Lipinski definition) is 1. The van der Waals surface area contributed by atoms with E-state index in [1.807, 2.05) is 18.2 Å². The van der Waals surface area contributed by atoms with Crippen molar-refractivity contribution >= 4 is 51.2 Å². The maximum Gasteiger partial charge on any atom is 0.337 e. The van der Waals surface area contributed by atoms with E-state index < -0.39 is 5.97 Å². The molecule has 1 aliphatic heterocycles. The molecule has 0 bridgehead atoms. The molecule has 1 heterocycles. The summed E-state index contributed by atoms with van der Waals surface area (Å²) in [7, 11) is 1.32. The highest BCUT2D eigenvalue weighted by molar-refractivity contribution is 8.38. The van der Waals surface area contributed by atoms with Crippen LogP contribution in [0.25, 0.3) is 0 Å². The number of ether oxygens (including phenoxy) is 1. The van der Waals surface area contributed by atoms with Crippen LogP contribution in [-0.2, 0) is 15.3 Å². The topological polar surface area (TPSA) is 67.8 Å². The van der Waals surface area contributed by atoms with Crippen LogP contribution in [0.5, 0.6) is 0 Å². The number of thioether (sulfide) groups is 2. The van der Waals surface area contributed by atoms with Gasteiger partial charge < -0.3 is 10.1 Å². The van der Waals surface area contributed by atoms with Crippen molar-refractivity contribution in [3.8, 4) is 0 Å². The molecule has 0 radical (unpaired) electrons. The minimum absolute atomic E-state index is 0.144. The Morgan fingerprint density at radius 3 is 2.92 bits per heavy atom. The van der Waals surface area contributed by atoms with Gasteiger partial charge in [0, 0.05) is 11.4 Å². The van der Waals surface area contributed by atoms with E-state index in [0.29, 0.717) is 11.3 Å². The van der Waals surface area contributed by atoms with Crippen LogP contribution in [0.3, 0.4) is 0 Å². The van der Waals surface area contributed by atoms with E-state index in [4.69, 9.17) is 0 Å². The summed E-state index contributed by atoms with van der Waals surface area (Å²) in [4.78, 5) is 28.2. The summed E-state index contributed by atoms with van der Waals surface area (Å²) in [6.07, 6.45) is 0. The first-order valence-electron chi connectivity index (χ1n) is 7.56. The minimum atomic E-state index is -0.433. The zero-order valence-corrected chi connectivity index (χ0v) is 15.2. The van der Waals surface area contributed by atoms with Crippen molar-refractivity contribution < 1.29 is 14.3 Å². The van der Waals surface area contributed by atoms with Crippen molar-refractivity contribution in [2.45, 2.75) is 5.75 Å². The van der Waals surface area contributed by atoms with E-state index in [0.717, 1.165) is 15.8 Å². The summed E-state index contributed by atoms with van der Waals surface area (Å²) in [5, 5.41) is 2.79. The van der Waals surface area contributed by atoms with Crippen LogP contribution in [0.2, 0.25) is 0 Å². The van der Waals surface area contributed by atoms with Gasteiger partial charge in [-0.3, -0.25) is 4.79 Å². The number of carbonyl (C=O) groups is 2. The molecule has 25 heavy (non-hydrogen) atoms. The summed E-state index contributed by atoms with van der Waals surface area (Å²) >= 11 is 3.05. The summed E-state index contributed by atoms with van der Waals surface area (Å²) in [5.41, 5.74) is 3.14. The van der Waals surface area contributed by atoms with Gasteiger partial charge in [-0.1, -0.05) is 47.8 Å². The van der Waals surface area contributed by atoms with Gasteiger partial charge in [-0.15, -0.1) is 0 Å². The Labute approximate surface area is 154 Å². The third kappa shape index (κ3) is 4.64. The zero-order valence-electron chi connectivity index (χ0n) is 13.5. The van der Waals surface area contributed by atoms with E-state index in [1.165, 1.54) is 24.4 Å². The van der Waals surface area contributed by atoms with Crippen LogP contribution < -0.4 is 5.32 Å². The molecule has 128 valence electrons. The second-order valence-corrected chi connectivity index (χ2v) is 7.39. The van der Waals surface area contributed by atoms with E-state index in [2.05, 4.69) is 21.1 Å². The highest BCUT2D eigenvalue weighted by atomic mass is 32.2. The summed E-state index contributed by atoms with van der Waals surface area (Å²) in [6, 6.07) is 14.7. The third-order valence-electron chi connectivity index (χ3n) is 3.45. The number of aliphatic imine (C=N–C) groups is 1. The lowest BCUT2D eigenvalue weighted by molar-refractivity contribution is -0.113. The van der Waals surface area contributed by atoms with E-state index in [-0.39, 0.29) is 11.7 Å². The molecule has 0 aromatic heterocycles. The molecule has 0 fully saturated rings. The number of benzene rings is 2. The molecule has 2 aromatic rings. The van der Waals surface area contributed by atoms with Crippen LogP contribution >= 0.6 is 23.5 Å². The van der Waals surface area contributed by atoms with Gasteiger partial charge in [0.05, 0.1) is 24.1 Å². The summed E-state index contributed by atoms with van der Waals surface area (Å²) < 4.78 is 5.56. The molecule has 3 rings (SSSR count). The number of nitrogens with zero attached hydrogens (tertiary/aromatic N) is 1. The molecule has 0 atom stereocenters. The van der Waals surface area contributed by atoms with Gasteiger partial charge in [0.15, 0.2) is 0 Å². The van der Waals surface area contributed by atoms with E-state index in [9.17, 15) is 9.59 Å². The van der Waals surface area contributed by atoms with Gasteiger partial charge in [0.2, 0.25) is 5.91 Å². The van der Waals surface area contributed by atoms with Crippen LogP contribution in [-0.4, -0.2) is 29.1 Å². The lowest BCUT2D eigenvalue weighted by atomic mass is 10.2. The zero-order chi connectivity index (χ0) is 17.6. The monoisotopic (exact) mass is 372 g/mol. The quantitative estimate of drug-likeness (QED) is 0.819. The van der Waals surface area contributed by atoms with Crippen LogP contribution in [0.15, 0.2) is 53.5 Å². The highest BCUT2D eigenvalue weighted by Gasteiger charge is 2.14. The summed E-state index contributed by atoms with van der Waals surface area (Å²) in [5.74, 6) is 0.549. The number of amides is 1. The van der Waals surface area contributed by atoms with Crippen molar-refractivity contribution in [3.63, 3.8) is 0 Å². The Kier molecular flexibility index (Phi) is 5.78. The first-order chi connectivity index (χ1) is 12.2. The second-order valence-electron chi connectivity index (χ2n) is 5.20. The van der Waals surface area contributed by atoms with E-state index >= 15 is 0 Å². The minimum Gasteiger partial charge on any atom is -0.465 e. The molecule has 1 amide bonds. The lowest BCUT2D eigenvalue weighted by Crippen LogP contribution is -2.15. The number of carbonyl (C=O) groups excluding carboxylic acids is 2. The molecule has 0 saturated carbocycles. The first kappa shape index (κ1) is 17.6. The number of para-hydroxylation sites is 1. The largest absolute Gasteiger partial charge is 0.465 e. The number of nitrogens with one attached hydrogen (secondary N) is 1. The number of esters is 1. The van der Waals surface area contributed by atoms with Crippen LogP contribution in [0.1, 0.15) is 15.9 Å². The van der Waals surface area contributed by atoms with Crippen molar-refractivity contribution in [1.29, 1.82) is 0 Å². The molecule has 0 unspecified atom stereocenters. The molecule has 1 aliphatic rings. The van der Waals surface area contributed by atoms with Crippen molar-refractivity contribution in [3.05, 3.63) is 59.7 Å². The number of anilines is 1. The maximum absolute atomic E-state index is 12.1. The van der Waals surface area contributed by atoms with Gasteiger partial charge in [-0.25, -0.2) is 9.79 Å². The smallest absolute Gasteiger partial charge is 0.337 e. The van der Waals surface area contributed by atoms with Crippen LogP contribution in [0.4, 0.5) is 11.4 Å². The Morgan fingerprint density at radius 2 is 2.08 bits per heavy atom. The fraction of sp³-hybridized carbons (Fsp3) is 0.167. The highest BCUT2D eigenvalue weighted by Crippen LogP contribution is 2.34. The molecular weight excluding hydrogens is 356 g/mol. The fourth-order valence-corrected chi connectivity index (χ4v) is 4.11. The molecule has 0 aliphatic carbocycles. The molecule has 0 spiro atoms. The molecule has 1 N–H and O–H groups in total. The van der Waals surface area contributed by atoms with Gasteiger partial charge in [-0.05, 0) is 29.8 Å². The lowest BCUT2D eigenvalue weighted by Gasteiger charge is -2.14. The van der Waals surface area contributed by atoms with Crippen molar-refractivity contribution in [1.82, 2.24) is 0 Å². The van der Waals surface area contributed by atoms with Crippen molar-refractivity contribution in [2.75, 3.05) is 18.2 Å². The number of methoxy groups -OCH3 is 1.